The number of hydrogen-bond acceptors (Lipinski definition) is 6. The van der Waals surface area contributed by atoms with Gasteiger partial charge in [-0.25, -0.2) is 14.3 Å². The van der Waals surface area contributed by atoms with Crippen molar-refractivity contribution in [3.8, 4) is 5.69 Å². The molecule has 0 spiro atoms. The highest BCUT2D eigenvalue weighted by Crippen LogP contribution is 2.31. The zero-order chi connectivity index (χ0) is 21.1. The van der Waals surface area contributed by atoms with Gasteiger partial charge in [-0.1, -0.05) is 17.7 Å². The van der Waals surface area contributed by atoms with Crippen LogP contribution >= 0.6 is 22.9 Å². The van der Waals surface area contributed by atoms with Crippen LogP contribution in [0.3, 0.4) is 0 Å². The van der Waals surface area contributed by atoms with E-state index in [1.165, 1.54) is 11.3 Å². The molecular weight excluding hydrogens is 416 g/mol. The van der Waals surface area contributed by atoms with Gasteiger partial charge in [0.2, 0.25) is 0 Å². The molecule has 1 aromatic carbocycles. The van der Waals surface area contributed by atoms with E-state index in [1.807, 2.05) is 19.1 Å². The van der Waals surface area contributed by atoms with E-state index < -0.39 is 24.5 Å². The van der Waals surface area contributed by atoms with E-state index in [1.54, 1.807) is 36.7 Å². The Bertz CT molecular complexity index is 1090. The van der Waals surface area contributed by atoms with Crippen molar-refractivity contribution in [2.45, 2.75) is 26.8 Å². The number of nitrogens with one attached hydrogen (secondary N) is 2. The van der Waals surface area contributed by atoms with Crippen LogP contribution in [-0.2, 0) is 9.53 Å². The lowest BCUT2D eigenvalue weighted by Crippen LogP contribution is -2.44. The second kappa shape index (κ2) is 8.62. The third-order valence-corrected chi connectivity index (χ3v) is 5.13. The molecule has 0 atom stereocenters. The molecule has 0 saturated carbocycles. The van der Waals surface area contributed by atoms with E-state index >= 15 is 0 Å². The molecule has 0 aliphatic carbocycles. The third-order valence-electron chi connectivity index (χ3n) is 3.81. The predicted molar refractivity (Wildman–Crippen MR) is 111 cm³/mol. The molecule has 2 heterocycles. The maximum atomic E-state index is 12.4. The first-order valence-electron chi connectivity index (χ1n) is 8.77. The molecule has 8 nitrogen and oxygen atoms in total. The highest BCUT2D eigenvalue weighted by Gasteiger charge is 2.19. The van der Waals surface area contributed by atoms with Gasteiger partial charge in [-0.2, -0.15) is 5.10 Å². The summed E-state index contributed by atoms with van der Waals surface area (Å²) in [6, 6.07) is 8.14. The Labute approximate surface area is 175 Å². The van der Waals surface area contributed by atoms with Crippen LogP contribution in [0.25, 0.3) is 15.9 Å². The molecule has 3 aromatic rings. The number of urea groups is 1. The summed E-state index contributed by atoms with van der Waals surface area (Å²) in [4.78, 5) is 36.7. The number of carbonyl (C=O) groups is 3. The average Bonchev–Trinajstić information content (AvgIpc) is 3.20. The van der Waals surface area contributed by atoms with E-state index in [-0.39, 0.29) is 6.04 Å². The first kappa shape index (κ1) is 20.8. The molecular formula is C19H19ClN4O4S. The topological polar surface area (TPSA) is 102 Å². The molecule has 3 amide bonds. The Hall–Kier alpha value is -2.91. The summed E-state index contributed by atoms with van der Waals surface area (Å²) in [5, 5.41) is 10.5. The molecule has 0 radical (unpaired) electrons. The number of amides is 3. The van der Waals surface area contributed by atoms with Crippen LogP contribution in [0.1, 0.15) is 29.2 Å². The van der Waals surface area contributed by atoms with Crippen molar-refractivity contribution in [1.29, 1.82) is 0 Å². The summed E-state index contributed by atoms with van der Waals surface area (Å²) in [7, 11) is 0. The minimum Gasteiger partial charge on any atom is -0.451 e. The third kappa shape index (κ3) is 4.93. The second-order valence-corrected chi connectivity index (χ2v) is 8.03. The molecule has 0 bridgehead atoms. The number of hydrogen-bond donors (Lipinski definition) is 2. The van der Waals surface area contributed by atoms with Crippen LogP contribution in [0.5, 0.6) is 0 Å². The van der Waals surface area contributed by atoms with Crippen LogP contribution in [0, 0.1) is 6.92 Å². The van der Waals surface area contributed by atoms with Crippen LogP contribution in [0.4, 0.5) is 4.79 Å². The number of aromatic nitrogens is 2. The average molecular weight is 435 g/mol. The summed E-state index contributed by atoms with van der Waals surface area (Å²) in [6.07, 6.45) is 0. The number of carbonyl (C=O) groups excluding carboxylic acids is 3. The number of fused-ring (bicyclic) bond motifs is 1. The summed E-state index contributed by atoms with van der Waals surface area (Å²) in [5.74, 6) is -1.36. The first-order chi connectivity index (χ1) is 13.7. The van der Waals surface area contributed by atoms with Crippen molar-refractivity contribution >= 4 is 51.1 Å². The summed E-state index contributed by atoms with van der Waals surface area (Å²) in [6.45, 7) is 4.81. The van der Waals surface area contributed by atoms with E-state index in [2.05, 4.69) is 15.7 Å². The van der Waals surface area contributed by atoms with Gasteiger partial charge in [0, 0.05) is 16.5 Å². The summed E-state index contributed by atoms with van der Waals surface area (Å²) < 4.78 is 6.74. The smallest absolute Gasteiger partial charge is 0.348 e. The van der Waals surface area contributed by atoms with E-state index in [0.29, 0.717) is 9.90 Å². The lowest BCUT2D eigenvalue weighted by molar-refractivity contribution is -0.123. The lowest BCUT2D eigenvalue weighted by Gasteiger charge is -2.09. The number of aryl methyl sites for hydroxylation is 1. The van der Waals surface area contributed by atoms with Crippen molar-refractivity contribution in [3.63, 3.8) is 0 Å². The number of benzene rings is 1. The van der Waals surface area contributed by atoms with E-state index in [9.17, 15) is 14.4 Å². The minimum absolute atomic E-state index is 0.119. The van der Waals surface area contributed by atoms with Crippen molar-refractivity contribution in [2.75, 3.05) is 6.61 Å². The minimum atomic E-state index is -0.709. The van der Waals surface area contributed by atoms with Gasteiger partial charge in [-0.3, -0.25) is 10.1 Å². The molecule has 2 aromatic heterocycles. The van der Waals surface area contributed by atoms with Crippen molar-refractivity contribution in [2.24, 2.45) is 0 Å². The molecule has 29 heavy (non-hydrogen) atoms. The Morgan fingerprint density at radius 2 is 2.03 bits per heavy atom. The first-order valence-corrected chi connectivity index (χ1v) is 9.96. The molecule has 152 valence electrons. The standard InChI is InChI=1S/C19H19ClN4O4S/c1-10(2)21-19(27)22-16(25)9-28-18(26)15-8-14-11(3)23-24(17(14)29-15)13-6-4-5-12(20)7-13/h4-8,10H,9H2,1-3H3,(H2,21,22,25,27). The molecule has 2 N–H and O–H groups in total. The lowest BCUT2D eigenvalue weighted by atomic mass is 10.3. The molecule has 0 aliphatic heterocycles. The van der Waals surface area contributed by atoms with Crippen molar-refractivity contribution in [3.05, 3.63) is 45.9 Å². The number of imide groups is 1. The van der Waals surface area contributed by atoms with Crippen LogP contribution in [-0.4, -0.2) is 40.3 Å². The summed E-state index contributed by atoms with van der Waals surface area (Å²) in [5.41, 5.74) is 1.52. The molecule has 10 heteroatoms. The fourth-order valence-corrected chi connectivity index (χ4v) is 3.86. The number of thiophene rings is 1. The van der Waals surface area contributed by atoms with Gasteiger partial charge in [0.25, 0.3) is 5.91 Å². The Balaban J connectivity index is 1.72. The second-order valence-electron chi connectivity index (χ2n) is 6.56. The van der Waals surface area contributed by atoms with Gasteiger partial charge in [-0.05, 0) is 45.0 Å². The molecule has 0 saturated heterocycles. The van der Waals surface area contributed by atoms with Crippen LogP contribution in [0.15, 0.2) is 30.3 Å². The van der Waals surface area contributed by atoms with Crippen LogP contribution in [0.2, 0.25) is 5.02 Å². The van der Waals surface area contributed by atoms with Crippen LogP contribution < -0.4 is 10.6 Å². The monoisotopic (exact) mass is 434 g/mol. The Kier molecular flexibility index (Phi) is 6.19. The van der Waals surface area contributed by atoms with Gasteiger partial charge in [0.1, 0.15) is 9.71 Å². The Morgan fingerprint density at radius 3 is 2.72 bits per heavy atom. The van der Waals surface area contributed by atoms with Crippen molar-refractivity contribution in [1.82, 2.24) is 20.4 Å². The normalized spacial score (nSPS) is 10.9. The molecule has 0 aliphatic rings. The SMILES string of the molecule is Cc1nn(-c2cccc(Cl)c2)c2sc(C(=O)OCC(=O)NC(=O)NC(C)C)cc12. The van der Waals surface area contributed by atoms with E-state index in [4.69, 9.17) is 16.3 Å². The maximum absolute atomic E-state index is 12.4. The summed E-state index contributed by atoms with van der Waals surface area (Å²) >= 11 is 7.26. The van der Waals surface area contributed by atoms with Gasteiger partial charge >= 0.3 is 12.0 Å². The van der Waals surface area contributed by atoms with Crippen molar-refractivity contribution < 1.29 is 19.1 Å². The molecule has 0 fully saturated rings. The molecule has 3 rings (SSSR count). The number of nitrogens with zero attached hydrogens (tertiary/aromatic N) is 2. The number of halogens is 1. The number of rotatable bonds is 5. The van der Waals surface area contributed by atoms with E-state index in [0.717, 1.165) is 21.6 Å². The highest BCUT2D eigenvalue weighted by molar-refractivity contribution is 7.20. The predicted octanol–water partition coefficient (Wildman–Crippen LogP) is 3.44. The molecule has 0 unspecified atom stereocenters. The fraction of sp³-hybridized carbons (Fsp3) is 0.263. The van der Waals surface area contributed by atoms with Gasteiger partial charge in [-0.15, -0.1) is 11.3 Å². The Morgan fingerprint density at radius 1 is 1.28 bits per heavy atom. The quantitative estimate of drug-likeness (QED) is 0.599. The zero-order valence-corrected chi connectivity index (χ0v) is 17.6. The van der Waals surface area contributed by atoms with Gasteiger partial charge in [0.15, 0.2) is 6.61 Å². The fourth-order valence-electron chi connectivity index (χ4n) is 2.59. The maximum Gasteiger partial charge on any atom is 0.348 e. The van der Waals surface area contributed by atoms with Gasteiger partial charge in [0.05, 0.1) is 11.4 Å². The number of ether oxygens (including phenoxy) is 1. The zero-order valence-electron chi connectivity index (χ0n) is 16.0. The number of esters is 1. The highest BCUT2D eigenvalue weighted by atomic mass is 35.5. The van der Waals surface area contributed by atoms with Gasteiger partial charge < -0.3 is 10.1 Å². The largest absolute Gasteiger partial charge is 0.451 e.